The number of ether oxygens (including phenoxy) is 1. The third kappa shape index (κ3) is 2.92. The van der Waals surface area contributed by atoms with Crippen molar-refractivity contribution < 1.29 is 23.5 Å². The first-order valence-corrected chi connectivity index (χ1v) is 8.90. The standard InChI is InChI=1S/C22H21NO5/c1-12-20(21-15(11-23(2)3)16(24)6-8-18(21)27-12)22(25)19-10-13-9-14(26-4)5-7-17(13)28-19/h5-10,24H,11H2,1-4H3. The number of carbonyl (C=O) groups is 1. The van der Waals surface area contributed by atoms with E-state index < -0.39 is 0 Å². The molecule has 2 aromatic carbocycles. The van der Waals surface area contributed by atoms with Crippen LogP contribution in [0.2, 0.25) is 0 Å². The highest BCUT2D eigenvalue weighted by atomic mass is 16.5. The molecule has 0 spiro atoms. The van der Waals surface area contributed by atoms with Crippen LogP contribution in [-0.2, 0) is 6.54 Å². The number of hydrogen-bond donors (Lipinski definition) is 1. The van der Waals surface area contributed by atoms with Gasteiger partial charge >= 0.3 is 0 Å². The van der Waals surface area contributed by atoms with Gasteiger partial charge in [-0.1, -0.05) is 0 Å². The monoisotopic (exact) mass is 379 g/mol. The molecule has 4 rings (SSSR count). The van der Waals surface area contributed by atoms with E-state index in [1.807, 2.05) is 25.1 Å². The molecule has 144 valence electrons. The van der Waals surface area contributed by atoms with E-state index in [1.165, 1.54) is 0 Å². The van der Waals surface area contributed by atoms with Crippen molar-refractivity contribution >= 4 is 27.7 Å². The van der Waals surface area contributed by atoms with Crippen molar-refractivity contribution in [2.75, 3.05) is 21.2 Å². The minimum absolute atomic E-state index is 0.130. The first kappa shape index (κ1) is 18.1. The van der Waals surface area contributed by atoms with Crippen LogP contribution < -0.4 is 4.74 Å². The molecule has 1 N–H and O–H groups in total. The van der Waals surface area contributed by atoms with Crippen LogP contribution in [0.25, 0.3) is 21.9 Å². The molecule has 0 atom stereocenters. The number of phenols is 1. The summed E-state index contributed by atoms with van der Waals surface area (Å²) in [5, 5.41) is 11.8. The lowest BCUT2D eigenvalue weighted by atomic mass is 9.99. The minimum Gasteiger partial charge on any atom is -0.508 e. The lowest BCUT2D eigenvalue weighted by Gasteiger charge is -2.12. The van der Waals surface area contributed by atoms with Crippen molar-refractivity contribution in [2.45, 2.75) is 13.5 Å². The number of methoxy groups -OCH3 is 1. The Morgan fingerprint density at radius 3 is 2.57 bits per heavy atom. The number of phenolic OH excluding ortho intramolecular Hbond substituents is 1. The van der Waals surface area contributed by atoms with Crippen molar-refractivity contribution in [3.8, 4) is 11.5 Å². The van der Waals surface area contributed by atoms with Crippen molar-refractivity contribution in [2.24, 2.45) is 0 Å². The van der Waals surface area contributed by atoms with E-state index in [4.69, 9.17) is 13.6 Å². The van der Waals surface area contributed by atoms with E-state index in [2.05, 4.69) is 0 Å². The largest absolute Gasteiger partial charge is 0.508 e. The Morgan fingerprint density at radius 2 is 1.86 bits per heavy atom. The molecule has 0 bridgehead atoms. The minimum atomic E-state index is -0.281. The van der Waals surface area contributed by atoms with Gasteiger partial charge in [0.15, 0.2) is 5.76 Å². The van der Waals surface area contributed by atoms with Crippen molar-refractivity contribution in [1.29, 1.82) is 0 Å². The predicted molar refractivity (Wildman–Crippen MR) is 106 cm³/mol. The summed E-state index contributed by atoms with van der Waals surface area (Å²) < 4.78 is 16.8. The van der Waals surface area contributed by atoms with Crippen molar-refractivity contribution in [3.05, 3.63) is 59.0 Å². The van der Waals surface area contributed by atoms with Gasteiger partial charge in [0.25, 0.3) is 0 Å². The second-order valence-electron chi connectivity index (χ2n) is 7.05. The van der Waals surface area contributed by atoms with Crippen molar-refractivity contribution in [3.63, 3.8) is 0 Å². The third-order valence-corrected chi connectivity index (χ3v) is 4.76. The molecule has 0 fully saturated rings. The van der Waals surface area contributed by atoms with Crippen LogP contribution in [0.3, 0.4) is 0 Å². The molecule has 6 heteroatoms. The Labute approximate surface area is 161 Å². The highest BCUT2D eigenvalue weighted by molar-refractivity contribution is 6.17. The second-order valence-corrected chi connectivity index (χ2v) is 7.05. The van der Waals surface area contributed by atoms with Crippen LogP contribution in [0, 0.1) is 6.92 Å². The zero-order valence-electron chi connectivity index (χ0n) is 16.2. The fourth-order valence-electron chi connectivity index (χ4n) is 3.50. The van der Waals surface area contributed by atoms with Crippen LogP contribution in [0.5, 0.6) is 11.5 Å². The van der Waals surface area contributed by atoms with Gasteiger partial charge in [-0.05, 0) is 57.4 Å². The van der Waals surface area contributed by atoms with Gasteiger partial charge in [0.05, 0.1) is 12.7 Å². The Bertz CT molecular complexity index is 1200. The summed E-state index contributed by atoms with van der Waals surface area (Å²) in [5.74, 6) is 1.25. The summed E-state index contributed by atoms with van der Waals surface area (Å²) in [6.45, 7) is 2.22. The van der Waals surface area contributed by atoms with Gasteiger partial charge in [-0.15, -0.1) is 0 Å². The molecule has 0 radical (unpaired) electrons. The highest BCUT2D eigenvalue weighted by Gasteiger charge is 2.26. The number of aryl methyl sites for hydroxylation is 1. The fourth-order valence-corrected chi connectivity index (χ4v) is 3.50. The van der Waals surface area contributed by atoms with E-state index >= 15 is 0 Å². The molecule has 0 saturated carbocycles. The van der Waals surface area contributed by atoms with Crippen LogP contribution in [0.15, 0.2) is 45.2 Å². The van der Waals surface area contributed by atoms with Crippen molar-refractivity contribution in [1.82, 2.24) is 4.90 Å². The van der Waals surface area contributed by atoms with Gasteiger partial charge < -0.3 is 23.6 Å². The van der Waals surface area contributed by atoms with E-state index in [-0.39, 0.29) is 17.3 Å². The van der Waals surface area contributed by atoms with E-state index in [0.29, 0.717) is 45.7 Å². The van der Waals surface area contributed by atoms with Crippen LogP contribution in [0.4, 0.5) is 0 Å². The zero-order valence-corrected chi connectivity index (χ0v) is 16.2. The summed E-state index contributed by atoms with van der Waals surface area (Å²) in [6, 6.07) is 10.3. The summed E-state index contributed by atoms with van der Waals surface area (Å²) in [6.07, 6.45) is 0. The highest BCUT2D eigenvalue weighted by Crippen LogP contribution is 2.36. The number of furan rings is 2. The number of ketones is 1. The van der Waals surface area contributed by atoms with Gasteiger partial charge in [-0.2, -0.15) is 0 Å². The molecule has 2 aromatic heterocycles. The van der Waals surface area contributed by atoms with E-state index in [9.17, 15) is 9.90 Å². The second kappa shape index (κ2) is 6.73. The number of aromatic hydroxyl groups is 1. The average molecular weight is 379 g/mol. The lowest BCUT2D eigenvalue weighted by molar-refractivity contribution is 0.101. The topological polar surface area (TPSA) is 76.0 Å². The maximum Gasteiger partial charge on any atom is 0.232 e. The summed E-state index contributed by atoms with van der Waals surface area (Å²) in [4.78, 5) is 15.3. The molecule has 6 nitrogen and oxygen atoms in total. The predicted octanol–water partition coefficient (Wildman–Crippen LogP) is 4.49. The van der Waals surface area contributed by atoms with Gasteiger partial charge in [0.1, 0.15) is 28.4 Å². The van der Waals surface area contributed by atoms with Crippen LogP contribution in [0.1, 0.15) is 27.4 Å². The molecular weight excluding hydrogens is 358 g/mol. The molecule has 4 aromatic rings. The molecule has 0 aliphatic rings. The lowest BCUT2D eigenvalue weighted by Crippen LogP contribution is -2.12. The Balaban J connectivity index is 1.89. The Kier molecular flexibility index (Phi) is 4.35. The number of hydrogen-bond acceptors (Lipinski definition) is 6. The van der Waals surface area contributed by atoms with Crippen LogP contribution >= 0.6 is 0 Å². The smallest absolute Gasteiger partial charge is 0.232 e. The SMILES string of the molecule is COc1ccc2oc(C(=O)c3c(C)oc4ccc(O)c(CN(C)C)c34)cc2c1. The molecule has 0 unspecified atom stereocenters. The number of carbonyl (C=O) groups excluding carboxylic acids is 1. The molecule has 0 aliphatic heterocycles. The summed E-state index contributed by atoms with van der Waals surface area (Å²) in [5.41, 5.74) is 2.23. The molecule has 0 aliphatic carbocycles. The normalized spacial score (nSPS) is 11.6. The first-order valence-electron chi connectivity index (χ1n) is 8.90. The summed E-state index contributed by atoms with van der Waals surface area (Å²) in [7, 11) is 5.39. The molecule has 0 amide bonds. The zero-order chi connectivity index (χ0) is 20.0. The summed E-state index contributed by atoms with van der Waals surface area (Å²) >= 11 is 0. The Morgan fingerprint density at radius 1 is 1.11 bits per heavy atom. The molecule has 28 heavy (non-hydrogen) atoms. The molecular formula is C22H21NO5. The van der Waals surface area contributed by atoms with Gasteiger partial charge in [-0.25, -0.2) is 0 Å². The van der Waals surface area contributed by atoms with E-state index in [1.54, 1.807) is 44.4 Å². The Hall–Kier alpha value is -3.25. The number of fused-ring (bicyclic) bond motifs is 2. The van der Waals surface area contributed by atoms with Gasteiger partial charge in [-0.3, -0.25) is 4.79 Å². The number of nitrogens with zero attached hydrogens (tertiary/aromatic N) is 1. The molecule has 2 heterocycles. The number of rotatable bonds is 5. The maximum absolute atomic E-state index is 13.3. The van der Waals surface area contributed by atoms with E-state index in [0.717, 1.165) is 5.39 Å². The van der Waals surface area contributed by atoms with Gasteiger partial charge in [0.2, 0.25) is 5.78 Å². The number of benzene rings is 2. The fraction of sp³-hybridized carbons (Fsp3) is 0.227. The average Bonchev–Trinajstić information content (AvgIpc) is 3.23. The third-order valence-electron chi connectivity index (χ3n) is 4.76. The molecule has 0 saturated heterocycles. The van der Waals surface area contributed by atoms with Gasteiger partial charge in [0, 0.05) is 22.9 Å². The first-order chi connectivity index (χ1) is 13.4. The maximum atomic E-state index is 13.3. The quantitative estimate of drug-likeness (QED) is 0.515. The van der Waals surface area contributed by atoms with Crippen LogP contribution in [-0.4, -0.2) is 37.0 Å².